The average Bonchev–Trinajstić information content (AvgIpc) is 3.07. The largest absolute Gasteiger partial charge is 0.455 e. The van der Waals surface area contributed by atoms with E-state index in [1.165, 1.54) is 33.8 Å². The zero-order chi connectivity index (χ0) is 37.0. The SMILES string of the molecule is C/C=C1\NC(=O)[C@H](C)NC(=O)[C@H](C(C)C)NC(=O)[C@H](NC(=O)[C@H](Cc2ccccc2)NC(=O)[C@@H](Cc2ccccc2)NC(C)=O)[C@@H](C)OC1=O. The molecule has 1 saturated heterocycles. The molecule has 14 heteroatoms. The second kappa shape index (κ2) is 18.3. The van der Waals surface area contributed by atoms with Crippen LogP contribution in [0.25, 0.3) is 0 Å². The zero-order valence-electron chi connectivity index (χ0n) is 29.1. The van der Waals surface area contributed by atoms with Crippen LogP contribution in [0.1, 0.15) is 52.7 Å². The van der Waals surface area contributed by atoms with Crippen molar-refractivity contribution in [3.63, 3.8) is 0 Å². The third-order valence-corrected chi connectivity index (χ3v) is 8.00. The van der Waals surface area contributed by atoms with Crippen molar-refractivity contribution in [3.8, 4) is 0 Å². The summed E-state index contributed by atoms with van der Waals surface area (Å²) in [5.41, 5.74) is 1.23. The molecule has 0 unspecified atom stereocenters. The number of hydrogen-bond donors (Lipinski definition) is 6. The maximum atomic E-state index is 14.1. The molecule has 6 N–H and O–H groups in total. The van der Waals surface area contributed by atoms with Crippen molar-refractivity contribution in [2.75, 3.05) is 0 Å². The van der Waals surface area contributed by atoms with Crippen molar-refractivity contribution in [2.45, 2.75) is 90.7 Å². The number of cyclic esters (lactones) is 1. The minimum atomic E-state index is -1.54. The Hall–Kier alpha value is -5.53. The number of nitrogens with one attached hydrogen (secondary N) is 6. The van der Waals surface area contributed by atoms with E-state index in [0.29, 0.717) is 5.56 Å². The first-order valence-corrected chi connectivity index (χ1v) is 16.4. The number of rotatable bonds is 10. The third kappa shape index (κ3) is 11.3. The zero-order valence-corrected chi connectivity index (χ0v) is 29.1. The Morgan fingerprint density at radius 3 is 1.82 bits per heavy atom. The molecule has 0 saturated carbocycles. The van der Waals surface area contributed by atoms with E-state index in [9.17, 15) is 33.6 Å². The standard InChI is InChI=1S/C36H46N6O8/c1-7-26-36(49)50-22(5)30(35(48)41-29(20(2)3)34(47)37-21(4)31(44)39-26)42-33(46)28(19-25-16-12-9-13-17-25)40-32(45)27(38-23(6)43)18-24-14-10-8-11-15-24/h7-17,20-22,27-30H,18-19H2,1-6H3,(H,37,47)(H,38,43)(H,39,44)(H,40,45)(H,41,48)(H,42,46)/b26-7-/t21-,22+,27+,28-,29-,30+/m0/s1. The first-order valence-electron chi connectivity index (χ1n) is 16.4. The molecule has 268 valence electrons. The van der Waals surface area contributed by atoms with E-state index >= 15 is 0 Å². The van der Waals surface area contributed by atoms with E-state index in [4.69, 9.17) is 4.74 Å². The first kappa shape index (κ1) is 38.9. The van der Waals surface area contributed by atoms with Gasteiger partial charge in [-0.15, -0.1) is 0 Å². The fourth-order valence-electron chi connectivity index (χ4n) is 5.21. The van der Waals surface area contributed by atoms with Gasteiger partial charge in [0.15, 0.2) is 0 Å². The van der Waals surface area contributed by atoms with Crippen LogP contribution in [0, 0.1) is 5.92 Å². The van der Waals surface area contributed by atoms with Crippen LogP contribution in [0.4, 0.5) is 0 Å². The lowest BCUT2D eigenvalue weighted by Gasteiger charge is -2.30. The van der Waals surface area contributed by atoms with E-state index < -0.39 is 83.6 Å². The summed E-state index contributed by atoms with van der Waals surface area (Å²) in [5.74, 6) is -5.49. The van der Waals surface area contributed by atoms with E-state index in [1.807, 2.05) is 6.07 Å². The summed E-state index contributed by atoms with van der Waals surface area (Å²) >= 11 is 0. The van der Waals surface area contributed by atoms with Gasteiger partial charge in [-0.3, -0.25) is 28.8 Å². The Balaban J connectivity index is 1.97. The number of amides is 6. The van der Waals surface area contributed by atoms with Crippen LogP contribution in [0.15, 0.2) is 72.4 Å². The highest BCUT2D eigenvalue weighted by molar-refractivity contribution is 5.99. The lowest BCUT2D eigenvalue weighted by Crippen LogP contribution is -2.62. The second-order valence-corrected chi connectivity index (χ2v) is 12.4. The summed E-state index contributed by atoms with van der Waals surface area (Å²) in [5, 5.41) is 15.6. The molecule has 0 aliphatic carbocycles. The van der Waals surface area contributed by atoms with Gasteiger partial charge in [-0.05, 0) is 37.8 Å². The van der Waals surface area contributed by atoms with Gasteiger partial charge < -0.3 is 36.6 Å². The van der Waals surface area contributed by atoms with E-state index in [0.717, 1.165) is 5.56 Å². The van der Waals surface area contributed by atoms with Crippen LogP contribution in [0.5, 0.6) is 0 Å². The number of ether oxygens (including phenoxy) is 1. The molecular weight excluding hydrogens is 644 g/mol. The van der Waals surface area contributed by atoms with Crippen molar-refractivity contribution in [1.82, 2.24) is 31.9 Å². The van der Waals surface area contributed by atoms with Gasteiger partial charge in [0.05, 0.1) is 0 Å². The van der Waals surface area contributed by atoms with Gasteiger partial charge in [-0.1, -0.05) is 80.6 Å². The van der Waals surface area contributed by atoms with Crippen LogP contribution in [-0.4, -0.2) is 77.7 Å². The van der Waals surface area contributed by atoms with Gasteiger partial charge in [0.2, 0.25) is 35.4 Å². The highest BCUT2D eigenvalue weighted by atomic mass is 16.5. The molecule has 6 atom stereocenters. The van der Waals surface area contributed by atoms with Gasteiger partial charge in [-0.25, -0.2) is 4.79 Å². The Morgan fingerprint density at radius 1 is 0.780 bits per heavy atom. The number of allylic oxidation sites excluding steroid dienone is 1. The Kier molecular flexibility index (Phi) is 14.2. The summed E-state index contributed by atoms with van der Waals surface area (Å²) in [6.45, 7) is 8.95. The molecule has 0 aromatic heterocycles. The van der Waals surface area contributed by atoms with Crippen LogP contribution < -0.4 is 31.9 Å². The van der Waals surface area contributed by atoms with Crippen LogP contribution in [0.3, 0.4) is 0 Å². The number of carbonyl (C=O) groups is 7. The maximum absolute atomic E-state index is 14.1. The Morgan fingerprint density at radius 2 is 1.32 bits per heavy atom. The number of benzene rings is 2. The molecule has 1 fully saturated rings. The summed E-state index contributed by atoms with van der Waals surface area (Å²) < 4.78 is 5.55. The van der Waals surface area contributed by atoms with Crippen LogP contribution in [0.2, 0.25) is 0 Å². The summed E-state index contributed by atoms with van der Waals surface area (Å²) in [7, 11) is 0. The first-order chi connectivity index (χ1) is 23.7. The van der Waals surface area contributed by atoms with Crippen molar-refractivity contribution in [1.29, 1.82) is 0 Å². The number of carbonyl (C=O) groups excluding carboxylic acids is 7. The molecule has 0 bridgehead atoms. The van der Waals surface area contributed by atoms with Crippen molar-refractivity contribution in [2.24, 2.45) is 5.92 Å². The second-order valence-electron chi connectivity index (χ2n) is 12.4. The summed E-state index contributed by atoms with van der Waals surface area (Å²) in [4.78, 5) is 92.7. The molecule has 0 radical (unpaired) electrons. The molecule has 0 spiro atoms. The number of hydrogen-bond acceptors (Lipinski definition) is 8. The van der Waals surface area contributed by atoms with Crippen LogP contribution >= 0.6 is 0 Å². The molecule has 2 aromatic carbocycles. The molecule has 3 rings (SSSR count). The van der Waals surface area contributed by atoms with Crippen LogP contribution in [-0.2, 0) is 51.1 Å². The summed E-state index contributed by atoms with van der Waals surface area (Å²) in [6.07, 6.45) is 0.136. The van der Waals surface area contributed by atoms with Crippen molar-refractivity contribution in [3.05, 3.63) is 83.6 Å². The lowest BCUT2D eigenvalue weighted by atomic mass is 10.0. The molecule has 1 aliphatic rings. The molecule has 6 amide bonds. The van der Waals surface area contributed by atoms with Crippen molar-refractivity contribution >= 4 is 41.4 Å². The average molecular weight is 691 g/mol. The van der Waals surface area contributed by atoms with E-state index in [2.05, 4.69) is 31.9 Å². The topological polar surface area (TPSA) is 201 Å². The molecule has 14 nitrogen and oxygen atoms in total. The number of esters is 1. The van der Waals surface area contributed by atoms with Crippen molar-refractivity contribution < 1.29 is 38.3 Å². The molecule has 1 heterocycles. The Bertz CT molecular complexity index is 1580. The minimum absolute atomic E-state index is 0.00269. The fraction of sp³-hybridized carbons (Fsp3) is 0.417. The van der Waals surface area contributed by atoms with Gasteiger partial charge >= 0.3 is 5.97 Å². The quantitative estimate of drug-likeness (QED) is 0.153. The molecule has 1 aliphatic heterocycles. The van der Waals surface area contributed by atoms with Gasteiger partial charge in [-0.2, -0.15) is 0 Å². The molecule has 50 heavy (non-hydrogen) atoms. The highest BCUT2D eigenvalue weighted by Crippen LogP contribution is 2.12. The van der Waals surface area contributed by atoms with Gasteiger partial charge in [0.1, 0.15) is 42.0 Å². The Labute approximate surface area is 291 Å². The van der Waals surface area contributed by atoms with Gasteiger partial charge in [0.25, 0.3) is 0 Å². The van der Waals surface area contributed by atoms with E-state index in [1.54, 1.807) is 68.4 Å². The fourth-order valence-corrected chi connectivity index (χ4v) is 5.21. The minimum Gasteiger partial charge on any atom is -0.455 e. The lowest BCUT2D eigenvalue weighted by molar-refractivity contribution is -0.149. The predicted molar refractivity (Wildman–Crippen MR) is 184 cm³/mol. The maximum Gasteiger partial charge on any atom is 0.354 e. The van der Waals surface area contributed by atoms with Gasteiger partial charge in [0, 0.05) is 19.8 Å². The third-order valence-electron chi connectivity index (χ3n) is 8.00. The predicted octanol–water partition coefficient (Wildman–Crippen LogP) is 0.557. The normalized spacial score (nSPS) is 22.3. The molecule has 2 aromatic rings. The smallest absolute Gasteiger partial charge is 0.354 e. The monoisotopic (exact) mass is 690 g/mol. The highest BCUT2D eigenvalue weighted by Gasteiger charge is 2.37. The van der Waals surface area contributed by atoms with E-state index in [-0.39, 0.29) is 18.5 Å². The summed E-state index contributed by atoms with van der Waals surface area (Å²) in [6, 6.07) is 11.9. The molecular formula is C36H46N6O8.